The summed E-state index contributed by atoms with van der Waals surface area (Å²) in [5.41, 5.74) is 2.44. The third-order valence-electron chi connectivity index (χ3n) is 4.60. The van der Waals surface area contributed by atoms with E-state index in [9.17, 15) is 9.59 Å². The Hall–Kier alpha value is -2.66. The molecule has 1 N–H and O–H groups in total. The van der Waals surface area contributed by atoms with Crippen molar-refractivity contribution < 1.29 is 9.59 Å². The van der Waals surface area contributed by atoms with Crippen molar-refractivity contribution in [1.82, 2.24) is 9.80 Å². The van der Waals surface area contributed by atoms with Crippen LogP contribution in [0.5, 0.6) is 0 Å². The van der Waals surface area contributed by atoms with Gasteiger partial charge in [0.2, 0.25) is 5.91 Å². The van der Waals surface area contributed by atoms with E-state index >= 15 is 0 Å². The molecule has 0 aliphatic rings. The van der Waals surface area contributed by atoms with E-state index in [1.165, 1.54) is 5.56 Å². The molecular formula is C23H31N3O2. The van der Waals surface area contributed by atoms with Gasteiger partial charge in [-0.1, -0.05) is 43.3 Å². The lowest BCUT2D eigenvalue weighted by molar-refractivity contribution is -0.117. The molecule has 0 aliphatic heterocycles. The zero-order valence-corrected chi connectivity index (χ0v) is 17.1. The number of amides is 2. The lowest BCUT2D eigenvalue weighted by Crippen LogP contribution is -2.33. The lowest BCUT2D eigenvalue weighted by Gasteiger charge is -2.21. The Morgan fingerprint density at radius 2 is 1.64 bits per heavy atom. The molecule has 0 fully saturated rings. The van der Waals surface area contributed by atoms with Gasteiger partial charge in [0.15, 0.2) is 0 Å². The molecular weight excluding hydrogens is 350 g/mol. The summed E-state index contributed by atoms with van der Waals surface area (Å²) >= 11 is 0. The monoisotopic (exact) mass is 381 g/mol. The Kier molecular flexibility index (Phi) is 8.69. The number of rotatable bonds is 10. The Balaban J connectivity index is 2.00. The molecule has 28 heavy (non-hydrogen) atoms. The van der Waals surface area contributed by atoms with Gasteiger partial charge in [0.1, 0.15) is 0 Å². The highest BCUT2D eigenvalue weighted by molar-refractivity contribution is 5.97. The predicted octanol–water partition coefficient (Wildman–Crippen LogP) is 4.02. The molecule has 0 atom stereocenters. The highest BCUT2D eigenvalue weighted by Gasteiger charge is 2.14. The van der Waals surface area contributed by atoms with Gasteiger partial charge in [-0.15, -0.1) is 0 Å². The minimum absolute atomic E-state index is 0.0159. The summed E-state index contributed by atoms with van der Waals surface area (Å²) in [6.45, 7) is 9.26. The predicted molar refractivity (Wildman–Crippen MR) is 114 cm³/mol. The third-order valence-corrected chi connectivity index (χ3v) is 4.60. The van der Waals surface area contributed by atoms with Gasteiger partial charge in [0, 0.05) is 30.9 Å². The van der Waals surface area contributed by atoms with Crippen LogP contribution >= 0.6 is 0 Å². The summed E-state index contributed by atoms with van der Waals surface area (Å²) in [6, 6.07) is 17.3. The van der Waals surface area contributed by atoms with Crippen molar-refractivity contribution in [2.45, 2.75) is 33.7 Å². The minimum atomic E-state index is -0.0724. The molecule has 150 valence electrons. The van der Waals surface area contributed by atoms with Gasteiger partial charge in [-0.3, -0.25) is 14.5 Å². The van der Waals surface area contributed by atoms with Crippen molar-refractivity contribution in [3.63, 3.8) is 0 Å². The van der Waals surface area contributed by atoms with Gasteiger partial charge in [0.05, 0.1) is 6.54 Å². The number of nitrogens with zero attached hydrogens (tertiary/aromatic N) is 2. The van der Waals surface area contributed by atoms with Crippen LogP contribution in [0.25, 0.3) is 0 Å². The van der Waals surface area contributed by atoms with E-state index in [2.05, 4.69) is 29.3 Å². The average molecular weight is 382 g/mol. The van der Waals surface area contributed by atoms with E-state index in [-0.39, 0.29) is 11.8 Å². The molecule has 2 aromatic rings. The molecule has 0 radical (unpaired) electrons. The number of benzene rings is 2. The molecule has 0 aliphatic carbocycles. The van der Waals surface area contributed by atoms with Crippen molar-refractivity contribution in [1.29, 1.82) is 0 Å². The first kappa shape index (κ1) is 21.6. The number of hydrogen-bond donors (Lipinski definition) is 1. The van der Waals surface area contributed by atoms with Crippen LogP contribution < -0.4 is 5.32 Å². The van der Waals surface area contributed by atoms with E-state index in [1.807, 2.05) is 38.1 Å². The first-order valence-electron chi connectivity index (χ1n) is 10.0. The maximum atomic E-state index is 12.6. The first-order valence-corrected chi connectivity index (χ1v) is 10.0. The number of nitrogens with one attached hydrogen (secondary N) is 1. The Bertz CT molecular complexity index is 757. The molecule has 5 nitrogen and oxygen atoms in total. The van der Waals surface area contributed by atoms with Crippen LogP contribution in [0.1, 0.15) is 43.1 Å². The average Bonchev–Trinajstić information content (AvgIpc) is 2.70. The SMILES string of the molecule is CCCN(CC(=O)Nc1cccc(C(=O)N(CC)CC)c1)Cc1ccccc1. The second-order valence-corrected chi connectivity index (χ2v) is 6.80. The maximum absolute atomic E-state index is 12.6. The molecule has 5 heteroatoms. The van der Waals surface area contributed by atoms with Crippen LogP contribution in [0.2, 0.25) is 0 Å². The van der Waals surface area contributed by atoms with E-state index in [0.717, 1.165) is 19.5 Å². The lowest BCUT2D eigenvalue weighted by atomic mass is 10.1. The summed E-state index contributed by atoms with van der Waals surface area (Å²) in [5.74, 6) is -0.0883. The van der Waals surface area contributed by atoms with Crippen molar-refractivity contribution in [3.8, 4) is 0 Å². The van der Waals surface area contributed by atoms with Crippen molar-refractivity contribution >= 4 is 17.5 Å². The van der Waals surface area contributed by atoms with Crippen LogP contribution in [0.3, 0.4) is 0 Å². The van der Waals surface area contributed by atoms with E-state index < -0.39 is 0 Å². The topological polar surface area (TPSA) is 52.7 Å². The van der Waals surface area contributed by atoms with Gasteiger partial charge in [-0.25, -0.2) is 0 Å². The fourth-order valence-corrected chi connectivity index (χ4v) is 3.20. The molecule has 0 aromatic heterocycles. The first-order chi connectivity index (χ1) is 13.6. The van der Waals surface area contributed by atoms with Gasteiger partial charge in [0.25, 0.3) is 5.91 Å². The zero-order chi connectivity index (χ0) is 20.4. The maximum Gasteiger partial charge on any atom is 0.253 e. The Morgan fingerprint density at radius 1 is 0.929 bits per heavy atom. The number of carbonyl (C=O) groups is 2. The summed E-state index contributed by atoms with van der Waals surface area (Å²) in [4.78, 5) is 29.0. The van der Waals surface area contributed by atoms with Crippen molar-refractivity contribution in [3.05, 3.63) is 65.7 Å². The Morgan fingerprint density at radius 3 is 2.29 bits per heavy atom. The molecule has 0 saturated carbocycles. The summed E-state index contributed by atoms with van der Waals surface area (Å²) in [5, 5.41) is 2.94. The standard InChI is InChI=1S/C23H31N3O2/c1-4-15-25(17-19-11-8-7-9-12-19)18-22(27)24-21-14-10-13-20(16-21)23(28)26(5-2)6-3/h7-14,16H,4-6,15,17-18H2,1-3H3,(H,24,27). The zero-order valence-electron chi connectivity index (χ0n) is 17.1. The van der Waals surface area contributed by atoms with Crippen molar-refractivity contribution in [2.24, 2.45) is 0 Å². The van der Waals surface area contributed by atoms with Gasteiger partial charge >= 0.3 is 0 Å². The molecule has 0 saturated heterocycles. The number of hydrogen-bond acceptors (Lipinski definition) is 3. The van der Waals surface area contributed by atoms with Crippen LogP contribution in [-0.2, 0) is 11.3 Å². The minimum Gasteiger partial charge on any atom is -0.339 e. The second kappa shape index (κ2) is 11.2. The van der Waals surface area contributed by atoms with Gasteiger partial charge in [-0.05, 0) is 50.6 Å². The van der Waals surface area contributed by atoms with Gasteiger partial charge < -0.3 is 10.2 Å². The smallest absolute Gasteiger partial charge is 0.253 e. The molecule has 2 amide bonds. The molecule has 2 aromatic carbocycles. The molecule has 2 rings (SSSR count). The van der Waals surface area contributed by atoms with Gasteiger partial charge in [-0.2, -0.15) is 0 Å². The fraction of sp³-hybridized carbons (Fsp3) is 0.391. The molecule has 0 spiro atoms. The Labute approximate surface area is 168 Å². The largest absolute Gasteiger partial charge is 0.339 e. The summed E-state index contributed by atoms with van der Waals surface area (Å²) in [7, 11) is 0. The number of anilines is 1. The van der Waals surface area contributed by atoms with Crippen LogP contribution in [0, 0.1) is 0 Å². The normalized spacial score (nSPS) is 10.7. The molecule has 0 bridgehead atoms. The van der Waals surface area contributed by atoms with E-state index in [0.29, 0.717) is 30.9 Å². The third kappa shape index (κ3) is 6.50. The van der Waals surface area contributed by atoms with Crippen LogP contribution in [0.4, 0.5) is 5.69 Å². The molecule has 0 heterocycles. The van der Waals surface area contributed by atoms with E-state index in [4.69, 9.17) is 0 Å². The highest BCUT2D eigenvalue weighted by atomic mass is 16.2. The quantitative estimate of drug-likeness (QED) is 0.676. The second-order valence-electron chi connectivity index (χ2n) is 6.80. The van der Waals surface area contributed by atoms with E-state index in [1.54, 1.807) is 23.1 Å². The highest BCUT2D eigenvalue weighted by Crippen LogP contribution is 2.13. The van der Waals surface area contributed by atoms with Crippen molar-refractivity contribution in [2.75, 3.05) is 31.5 Å². The number of carbonyl (C=O) groups excluding carboxylic acids is 2. The summed E-state index contributed by atoms with van der Waals surface area (Å²) in [6.07, 6.45) is 0.980. The summed E-state index contributed by atoms with van der Waals surface area (Å²) < 4.78 is 0. The van der Waals surface area contributed by atoms with Crippen LogP contribution in [0.15, 0.2) is 54.6 Å². The van der Waals surface area contributed by atoms with Crippen LogP contribution in [-0.4, -0.2) is 47.8 Å². The molecule has 0 unspecified atom stereocenters. The fourth-order valence-electron chi connectivity index (χ4n) is 3.20.